The summed E-state index contributed by atoms with van der Waals surface area (Å²) in [6.45, 7) is 5.69. The molecule has 0 unspecified atom stereocenters. The van der Waals surface area contributed by atoms with Gasteiger partial charge in [0.15, 0.2) is 5.82 Å². The van der Waals surface area contributed by atoms with Gasteiger partial charge in [-0.2, -0.15) is 9.78 Å². The molecule has 0 fully saturated rings. The molecule has 9 heteroatoms. The Balaban J connectivity index is 1.72. The Morgan fingerprint density at radius 3 is 2.72 bits per heavy atom. The molecule has 2 aromatic heterocycles. The standard InChI is InChI=1S/C16H20N8O/c1-10-5-6-14(7-15(10)24-12(3)20-21-22-24)19-16(25)18-11(2)13-8-17-23(4)9-13/h5-9,11H,1-4H3,(H2,18,19,25)/t11-/m1/s1. The van der Waals surface area contributed by atoms with Crippen molar-refractivity contribution < 1.29 is 4.79 Å². The summed E-state index contributed by atoms with van der Waals surface area (Å²) >= 11 is 0. The predicted molar refractivity (Wildman–Crippen MR) is 92.4 cm³/mol. The first kappa shape index (κ1) is 16.6. The lowest BCUT2D eigenvalue weighted by molar-refractivity contribution is 0.249. The van der Waals surface area contributed by atoms with E-state index in [9.17, 15) is 4.79 Å². The molecule has 2 N–H and O–H groups in total. The van der Waals surface area contributed by atoms with Crippen molar-refractivity contribution in [1.82, 2.24) is 35.3 Å². The number of nitrogens with zero attached hydrogens (tertiary/aromatic N) is 6. The molecule has 3 rings (SSSR count). The Hall–Kier alpha value is -3.23. The molecule has 0 saturated carbocycles. The monoisotopic (exact) mass is 340 g/mol. The fraction of sp³-hybridized carbons (Fsp3) is 0.312. The highest BCUT2D eigenvalue weighted by Crippen LogP contribution is 2.19. The van der Waals surface area contributed by atoms with Crippen molar-refractivity contribution in [1.29, 1.82) is 0 Å². The summed E-state index contributed by atoms with van der Waals surface area (Å²) in [6.07, 6.45) is 3.60. The fourth-order valence-corrected chi connectivity index (χ4v) is 2.48. The van der Waals surface area contributed by atoms with E-state index in [-0.39, 0.29) is 12.1 Å². The Morgan fingerprint density at radius 1 is 1.28 bits per heavy atom. The van der Waals surface area contributed by atoms with E-state index in [4.69, 9.17) is 0 Å². The molecule has 0 aliphatic rings. The van der Waals surface area contributed by atoms with Gasteiger partial charge in [0.05, 0.1) is 17.9 Å². The van der Waals surface area contributed by atoms with Crippen LogP contribution < -0.4 is 10.6 Å². The van der Waals surface area contributed by atoms with Crippen LogP contribution >= 0.6 is 0 Å². The molecule has 2 heterocycles. The second kappa shape index (κ2) is 6.71. The SMILES string of the molecule is Cc1ccc(NC(=O)N[C@H](C)c2cnn(C)c2)cc1-n1nnnc1C. The number of aromatic nitrogens is 6. The van der Waals surface area contributed by atoms with E-state index >= 15 is 0 Å². The molecule has 1 aromatic carbocycles. The van der Waals surface area contributed by atoms with Crippen LogP contribution in [0.4, 0.5) is 10.5 Å². The van der Waals surface area contributed by atoms with Crippen LogP contribution in [-0.2, 0) is 7.05 Å². The number of anilines is 1. The van der Waals surface area contributed by atoms with Crippen LogP contribution in [0, 0.1) is 13.8 Å². The molecule has 3 aromatic rings. The Kier molecular flexibility index (Phi) is 4.46. The second-order valence-electron chi connectivity index (χ2n) is 5.91. The minimum absolute atomic E-state index is 0.152. The normalized spacial score (nSPS) is 12.0. The minimum Gasteiger partial charge on any atom is -0.331 e. The van der Waals surface area contributed by atoms with Gasteiger partial charge in [0.1, 0.15) is 0 Å². The quantitative estimate of drug-likeness (QED) is 0.755. The van der Waals surface area contributed by atoms with Crippen molar-refractivity contribution in [2.75, 3.05) is 5.32 Å². The van der Waals surface area contributed by atoms with Crippen molar-refractivity contribution in [3.63, 3.8) is 0 Å². The van der Waals surface area contributed by atoms with Crippen molar-refractivity contribution in [3.05, 3.63) is 47.5 Å². The molecule has 0 spiro atoms. The maximum Gasteiger partial charge on any atom is 0.319 e. The highest BCUT2D eigenvalue weighted by atomic mass is 16.2. The average molecular weight is 340 g/mol. The van der Waals surface area contributed by atoms with Gasteiger partial charge < -0.3 is 10.6 Å². The third-order valence-electron chi connectivity index (χ3n) is 3.89. The molecular formula is C16H20N8O. The van der Waals surface area contributed by atoms with Gasteiger partial charge in [-0.25, -0.2) is 4.79 Å². The van der Waals surface area contributed by atoms with Crippen LogP contribution in [-0.4, -0.2) is 36.0 Å². The van der Waals surface area contributed by atoms with Crippen LogP contribution in [0.2, 0.25) is 0 Å². The van der Waals surface area contributed by atoms with Crippen molar-refractivity contribution in [3.8, 4) is 5.69 Å². The van der Waals surface area contributed by atoms with Gasteiger partial charge in [-0.05, 0) is 48.9 Å². The van der Waals surface area contributed by atoms with Crippen LogP contribution in [0.25, 0.3) is 5.69 Å². The second-order valence-corrected chi connectivity index (χ2v) is 5.91. The van der Waals surface area contributed by atoms with E-state index in [1.54, 1.807) is 15.6 Å². The number of urea groups is 1. The number of nitrogens with one attached hydrogen (secondary N) is 2. The van der Waals surface area contributed by atoms with E-state index in [0.717, 1.165) is 16.8 Å². The maximum atomic E-state index is 12.3. The van der Waals surface area contributed by atoms with Gasteiger partial charge in [0.25, 0.3) is 0 Å². The zero-order valence-electron chi connectivity index (χ0n) is 14.6. The largest absolute Gasteiger partial charge is 0.331 e. The highest BCUT2D eigenvalue weighted by molar-refractivity contribution is 5.89. The zero-order chi connectivity index (χ0) is 18.0. The average Bonchev–Trinajstić information content (AvgIpc) is 3.17. The molecule has 25 heavy (non-hydrogen) atoms. The molecule has 2 amide bonds. The van der Waals surface area contributed by atoms with Crippen LogP contribution in [0.15, 0.2) is 30.6 Å². The van der Waals surface area contributed by atoms with Crippen LogP contribution in [0.3, 0.4) is 0 Å². The molecule has 0 aliphatic carbocycles. The number of benzene rings is 1. The lowest BCUT2D eigenvalue weighted by Crippen LogP contribution is -2.31. The molecule has 0 radical (unpaired) electrons. The molecule has 1 atom stereocenters. The van der Waals surface area contributed by atoms with Gasteiger partial charge >= 0.3 is 6.03 Å². The van der Waals surface area contributed by atoms with Gasteiger partial charge in [0.2, 0.25) is 0 Å². The van der Waals surface area contributed by atoms with E-state index < -0.39 is 0 Å². The topological polar surface area (TPSA) is 103 Å². The third kappa shape index (κ3) is 3.65. The number of aryl methyl sites for hydroxylation is 3. The number of carbonyl (C=O) groups excluding carboxylic acids is 1. The maximum absolute atomic E-state index is 12.3. The Labute approximate surface area is 145 Å². The Morgan fingerprint density at radius 2 is 2.08 bits per heavy atom. The minimum atomic E-state index is -0.292. The summed E-state index contributed by atoms with van der Waals surface area (Å²) < 4.78 is 3.34. The summed E-state index contributed by atoms with van der Waals surface area (Å²) in [5.41, 5.74) is 3.42. The molecular weight excluding hydrogens is 320 g/mol. The first-order valence-electron chi connectivity index (χ1n) is 7.86. The summed E-state index contributed by atoms with van der Waals surface area (Å²) in [6, 6.07) is 5.15. The summed E-state index contributed by atoms with van der Waals surface area (Å²) in [5, 5.41) is 21.4. The molecule has 130 valence electrons. The zero-order valence-corrected chi connectivity index (χ0v) is 14.6. The molecule has 0 aliphatic heterocycles. The summed E-state index contributed by atoms with van der Waals surface area (Å²) in [4.78, 5) is 12.3. The number of tetrazole rings is 1. The van der Waals surface area contributed by atoms with Gasteiger partial charge in [-0.1, -0.05) is 6.07 Å². The third-order valence-corrected chi connectivity index (χ3v) is 3.89. The number of hydrogen-bond donors (Lipinski definition) is 2. The summed E-state index contributed by atoms with van der Waals surface area (Å²) in [5.74, 6) is 0.676. The van der Waals surface area contributed by atoms with E-state index in [1.165, 1.54) is 0 Å². The van der Waals surface area contributed by atoms with E-state index in [2.05, 4.69) is 31.3 Å². The van der Waals surface area contributed by atoms with Gasteiger partial charge in [-0.3, -0.25) is 4.68 Å². The summed E-state index contributed by atoms with van der Waals surface area (Å²) in [7, 11) is 1.84. The first-order chi connectivity index (χ1) is 11.9. The number of amides is 2. The highest BCUT2D eigenvalue weighted by Gasteiger charge is 2.13. The van der Waals surface area contributed by atoms with Crippen LogP contribution in [0.5, 0.6) is 0 Å². The first-order valence-corrected chi connectivity index (χ1v) is 7.86. The smallest absolute Gasteiger partial charge is 0.319 e. The molecule has 0 saturated heterocycles. The molecule has 0 bridgehead atoms. The number of hydrogen-bond acceptors (Lipinski definition) is 5. The molecule has 9 nitrogen and oxygen atoms in total. The van der Waals surface area contributed by atoms with Crippen molar-refractivity contribution >= 4 is 11.7 Å². The fourth-order valence-electron chi connectivity index (χ4n) is 2.48. The van der Waals surface area contributed by atoms with E-state index in [0.29, 0.717) is 11.5 Å². The van der Waals surface area contributed by atoms with Crippen molar-refractivity contribution in [2.24, 2.45) is 7.05 Å². The Bertz CT molecular complexity index is 897. The number of rotatable bonds is 4. The lowest BCUT2D eigenvalue weighted by Gasteiger charge is -2.14. The van der Waals surface area contributed by atoms with E-state index in [1.807, 2.05) is 52.2 Å². The number of carbonyl (C=O) groups is 1. The van der Waals surface area contributed by atoms with Crippen LogP contribution in [0.1, 0.15) is 29.9 Å². The van der Waals surface area contributed by atoms with Gasteiger partial charge in [-0.15, -0.1) is 5.10 Å². The lowest BCUT2D eigenvalue weighted by atomic mass is 10.1. The predicted octanol–water partition coefficient (Wildman–Crippen LogP) is 1.90. The van der Waals surface area contributed by atoms with Crippen molar-refractivity contribution in [2.45, 2.75) is 26.8 Å². The van der Waals surface area contributed by atoms with Gasteiger partial charge in [0, 0.05) is 24.5 Å².